The van der Waals surface area contributed by atoms with Crippen molar-refractivity contribution in [3.8, 4) is 0 Å². The van der Waals surface area contributed by atoms with Crippen LogP contribution in [0.15, 0.2) is 22.7 Å². The molecule has 0 spiro atoms. The third kappa shape index (κ3) is 4.96. The van der Waals surface area contributed by atoms with Crippen molar-refractivity contribution in [3.63, 3.8) is 0 Å². The van der Waals surface area contributed by atoms with Crippen LogP contribution >= 0.6 is 15.9 Å². The molecule has 4 heteroatoms. The Morgan fingerprint density at radius 1 is 1.42 bits per heavy atom. The highest BCUT2D eigenvalue weighted by molar-refractivity contribution is 9.10. The summed E-state index contributed by atoms with van der Waals surface area (Å²) in [5.41, 5.74) is 1.74. The maximum Gasteiger partial charge on any atom is 0.161 e. The van der Waals surface area contributed by atoms with Crippen molar-refractivity contribution in [2.45, 2.75) is 20.8 Å². The van der Waals surface area contributed by atoms with Gasteiger partial charge in [0.1, 0.15) is 0 Å². The Balaban J connectivity index is 3.11. The van der Waals surface area contributed by atoms with Crippen LogP contribution in [0.5, 0.6) is 0 Å². The van der Waals surface area contributed by atoms with Gasteiger partial charge in [0.15, 0.2) is 5.78 Å². The number of benzene rings is 1. The standard InChI is InChI=1S/C15H22BrNO2/c1-11(2)10-17(7-8-19-4)15-9-13(16)5-6-14(15)12(3)18/h5-6,9,11H,7-8,10H2,1-4H3. The normalized spacial score (nSPS) is 10.8. The molecular weight excluding hydrogens is 306 g/mol. The zero-order valence-corrected chi connectivity index (χ0v) is 13.7. The van der Waals surface area contributed by atoms with Gasteiger partial charge in [-0.3, -0.25) is 4.79 Å². The van der Waals surface area contributed by atoms with Crippen molar-refractivity contribution in [1.29, 1.82) is 0 Å². The van der Waals surface area contributed by atoms with Crippen LogP contribution < -0.4 is 4.90 Å². The number of anilines is 1. The van der Waals surface area contributed by atoms with Crippen LogP contribution in [0.3, 0.4) is 0 Å². The molecule has 3 nitrogen and oxygen atoms in total. The highest BCUT2D eigenvalue weighted by Crippen LogP contribution is 2.26. The van der Waals surface area contributed by atoms with E-state index in [-0.39, 0.29) is 5.78 Å². The summed E-state index contributed by atoms with van der Waals surface area (Å²) in [6.45, 7) is 8.29. The molecule has 1 aromatic carbocycles. The summed E-state index contributed by atoms with van der Waals surface area (Å²) in [6.07, 6.45) is 0. The van der Waals surface area contributed by atoms with Gasteiger partial charge in [0.2, 0.25) is 0 Å². The predicted octanol–water partition coefficient (Wildman–Crippen LogP) is 3.76. The molecule has 0 fully saturated rings. The Bertz CT molecular complexity index is 432. The molecule has 0 amide bonds. The summed E-state index contributed by atoms with van der Waals surface area (Å²) >= 11 is 3.48. The second kappa shape index (κ2) is 7.65. The maximum absolute atomic E-state index is 11.8. The number of hydrogen-bond donors (Lipinski definition) is 0. The van der Waals surface area contributed by atoms with Gasteiger partial charge in [0.05, 0.1) is 6.61 Å². The van der Waals surface area contributed by atoms with E-state index < -0.39 is 0 Å². The molecule has 0 aliphatic carbocycles. The number of Topliss-reactive ketones (excluding diaryl/α,β-unsaturated/α-hetero) is 1. The molecule has 0 unspecified atom stereocenters. The Labute approximate surface area is 124 Å². The first kappa shape index (κ1) is 16.2. The highest BCUT2D eigenvalue weighted by Gasteiger charge is 2.15. The van der Waals surface area contributed by atoms with Crippen molar-refractivity contribution < 1.29 is 9.53 Å². The zero-order chi connectivity index (χ0) is 14.4. The van der Waals surface area contributed by atoms with E-state index in [2.05, 4.69) is 34.7 Å². The van der Waals surface area contributed by atoms with Gasteiger partial charge in [-0.05, 0) is 31.0 Å². The molecule has 0 aromatic heterocycles. The molecule has 1 rings (SSSR count). The van der Waals surface area contributed by atoms with Crippen LogP contribution in [0.1, 0.15) is 31.1 Å². The topological polar surface area (TPSA) is 29.5 Å². The first-order valence-corrected chi connectivity index (χ1v) is 7.29. The van der Waals surface area contributed by atoms with Crippen molar-refractivity contribution in [1.82, 2.24) is 0 Å². The summed E-state index contributed by atoms with van der Waals surface area (Å²) < 4.78 is 6.15. The minimum Gasteiger partial charge on any atom is -0.383 e. The average molecular weight is 328 g/mol. The van der Waals surface area contributed by atoms with E-state index in [0.29, 0.717) is 12.5 Å². The Kier molecular flexibility index (Phi) is 6.52. The van der Waals surface area contributed by atoms with Gasteiger partial charge in [-0.25, -0.2) is 0 Å². The number of ketones is 1. The van der Waals surface area contributed by atoms with E-state index >= 15 is 0 Å². The van der Waals surface area contributed by atoms with Crippen LogP contribution in [-0.2, 0) is 4.74 Å². The molecule has 0 saturated carbocycles. The third-order valence-corrected chi connectivity index (χ3v) is 3.32. The number of halogens is 1. The molecule has 106 valence electrons. The first-order chi connectivity index (χ1) is 8.95. The Morgan fingerprint density at radius 3 is 2.63 bits per heavy atom. The molecule has 0 aliphatic heterocycles. The van der Waals surface area contributed by atoms with Gasteiger partial charge in [0.25, 0.3) is 0 Å². The average Bonchev–Trinajstić information content (AvgIpc) is 2.33. The molecule has 0 heterocycles. The fraction of sp³-hybridized carbons (Fsp3) is 0.533. The number of rotatable bonds is 7. The molecule has 0 aliphatic rings. The molecule has 0 saturated heterocycles. The summed E-state index contributed by atoms with van der Waals surface area (Å²) in [5.74, 6) is 0.615. The van der Waals surface area contributed by atoms with E-state index in [1.54, 1.807) is 14.0 Å². The lowest BCUT2D eigenvalue weighted by Crippen LogP contribution is -2.32. The number of ether oxygens (including phenoxy) is 1. The smallest absolute Gasteiger partial charge is 0.161 e. The van der Waals surface area contributed by atoms with Gasteiger partial charge in [-0.2, -0.15) is 0 Å². The monoisotopic (exact) mass is 327 g/mol. The first-order valence-electron chi connectivity index (χ1n) is 6.50. The molecule has 0 atom stereocenters. The van der Waals surface area contributed by atoms with Crippen molar-refractivity contribution in [3.05, 3.63) is 28.2 Å². The quantitative estimate of drug-likeness (QED) is 0.714. The van der Waals surface area contributed by atoms with Crippen LogP contribution in [0, 0.1) is 5.92 Å². The van der Waals surface area contributed by atoms with Gasteiger partial charge in [0, 0.05) is 35.9 Å². The highest BCUT2D eigenvalue weighted by atomic mass is 79.9. The minimum absolute atomic E-state index is 0.0914. The second-order valence-corrected chi connectivity index (χ2v) is 5.97. The minimum atomic E-state index is 0.0914. The summed E-state index contributed by atoms with van der Waals surface area (Å²) in [6, 6.07) is 5.79. The van der Waals surface area contributed by atoms with Crippen LogP contribution in [-0.4, -0.2) is 32.6 Å². The Morgan fingerprint density at radius 2 is 2.11 bits per heavy atom. The largest absolute Gasteiger partial charge is 0.383 e. The SMILES string of the molecule is COCCN(CC(C)C)c1cc(Br)ccc1C(C)=O. The van der Waals surface area contributed by atoms with Crippen molar-refractivity contribution in [2.24, 2.45) is 5.92 Å². The van der Waals surface area contributed by atoms with Gasteiger partial charge in [-0.15, -0.1) is 0 Å². The van der Waals surface area contributed by atoms with Crippen LogP contribution in [0.4, 0.5) is 5.69 Å². The van der Waals surface area contributed by atoms with E-state index in [9.17, 15) is 4.79 Å². The van der Waals surface area contributed by atoms with Crippen LogP contribution in [0.2, 0.25) is 0 Å². The summed E-state index contributed by atoms with van der Waals surface area (Å²) in [5, 5.41) is 0. The molecule has 0 bridgehead atoms. The number of nitrogens with zero attached hydrogens (tertiary/aromatic N) is 1. The van der Waals surface area contributed by atoms with E-state index in [1.165, 1.54) is 0 Å². The molecule has 0 radical (unpaired) electrons. The summed E-state index contributed by atoms with van der Waals surface area (Å²) in [4.78, 5) is 14.0. The fourth-order valence-corrected chi connectivity index (χ4v) is 2.37. The lowest BCUT2D eigenvalue weighted by molar-refractivity contribution is 0.101. The van der Waals surface area contributed by atoms with E-state index in [0.717, 1.165) is 28.8 Å². The zero-order valence-electron chi connectivity index (χ0n) is 12.1. The fourth-order valence-electron chi connectivity index (χ4n) is 2.02. The number of hydrogen-bond acceptors (Lipinski definition) is 3. The van der Waals surface area contributed by atoms with Gasteiger partial charge < -0.3 is 9.64 Å². The molecule has 19 heavy (non-hydrogen) atoms. The lowest BCUT2D eigenvalue weighted by atomic mass is 10.1. The molecular formula is C15H22BrNO2. The van der Waals surface area contributed by atoms with Gasteiger partial charge in [-0.1, -0.05) is 29.8 Å². The Hall–Kier alpha value is -0.870. The third-order valence-electron chi connectivity index (χ3n) is 2.83. The van der Waals surface area contributed by atoms with Crippen molar-refractivity contribution in [2.75, 3.05) is 31.7 Å². The maximum atomic E-state index is 11.8. The lowest BCUT2D eigenvalue weighted by Gasteiger charge is -2.28. The predicted molar refractivity (Wildman–Crippen MR) is 83.1 cm³/mol. The molecule has 0 N–H and O–H groups in total. The van der Waals surface area contributed by atoms with E-state index in [4.69, 9.17) is 4.74 Å². The van der Waals surface area contributed by atoms with Crippen molar-refractivity contribution >= 4 is 27.4 Å². The number of carbonyl (C=O) groups is 1. The van der Waals surface area contributed by atoms with Crippen LogP contribution in [0.25, 0.3) is 0 Å². The summed E-state index contributed by atoms with van der Waals surface area (Å²) in [7, 11) is 1.69. The number of methoxy groups -OCH3 is 1. The second-order valence-electron chi connectivity index (χ2n) is 5.05. The van der Waals surface area contributed by atoms with E-state index in [1.807, 2.05) is 18.2 Å². The van der Waals surface area contributed by atoms with Gasteiger partial charge >= 0.3 is 0 Å². The number of carbonyl (C=O) groups excluding carboxylic acids is 1. The molecule has 1 aromatic rings.